The van der Waals surface area contributed by atoms with Crippen molar-refractivity contribution >= 4 is 33.2 Å². The maximum atomic E-state index is 13.1. The fourth-order valence-electron chi connectivity index (χ4n) is 4.68. The summed E-state index contributed by atoms with van der Waals surface area (Å²) in [5.41, 5.74) is 1.23. The Kier molecular flexibility index (Phi) is 7.23. The number of nitrogens with zero attached hydrogens (tertiary/aromatic N) is 2. The molecule has 2 amide bonds. The summed E-state index contributed by atoms with van der Waals surface area (Å²) in [5.74, 6) is -0.168. The smallest absolute Gasteiger partial charge is 0.243 e. The number of rotatable bonds is 7. The summed E-state index contributed by atoms with van der Waals surface area (Å²) in [6.45, 7) is 2.84. The van der Waals surface area contributed by atoms with Crippen LogP contribution in [0.5, 0.6) is 5.75 Å². The van der Waals surface area contributed by atoms with Gasteiger partial charge in [0.2, 0.25) is 21.8 Å². The van der Waals surface area contributed by atoms with Gasteiger partial charge in [0.05, 0.1) is 17.9 Å². The molecule has 0 bridgehead atoms. The van der Waals surface area contributed by atoms with Crippen LogP contribution in [0.2, 0.25) is 0 Å². The Balaban J connectivity index is 1.40. The zero-order valence-corrected chi connectivity index (χ0v) is 20.4. The van der Waals surface area contributed by atoms with Crippen molar-refractivity contribution in [3.63, 3.8) is 0 Å². The number of amides is 2. The van der Waals surface area contributed by atoms with Crippen molar-refractivity contribution in [3.8, 4) is 5.75 Å². The lowest BCUT2D eigenvalue weighted by Gasteiger charge is -2.34. The van der Waals surface area contributed by atoms with Crippen LogP contribution in [0.1, 0.15) is 39.0 Å². The van der Waals surface area contributed by atoms with Crippen LogP contribution in [0.25, 0.3) is 0 Å². The highest BCUT2D eigenvalue weighted by Crippen LogP contribution is 2.29. The van der Waals surface area contributed by atoms with E-state index in [-0.39, 0.29) is 35.7 Å². The van der Waals surface area contributed by atoms with Crippen LogP contribution in [-0.2, 0) is 19.6 Å². The maximum absolute atomic E-state index is 13.1. The van der Waals surface area contributed by atoms with E-state index in [2.05, 4.69) is 5.32 Å². The van der Waals surface area contributed by atoms with E-state index in [9.17, 15) is 18.0 Å². The summed E-state index contributed by atoms with van der Waals surface area (Å²) in [6, 6.07) is 13.5. The van der Waals surface area contributed by atoms with Gasteiger partial charge in [-0.1, -0.05) is 13.3 Å². The molecule has 0 saturated carbocycles. The fraction of sp³-hybridized carbons (Fsp3) is 0.440. The summed E-state index contributed by atoms with van der Waals surface area (Å²) < 4.78 is 33.0. The number of piperidine rings is 1. The molecule has 2 aliphatic heterocycles. The van der Waals surface area contributed by atoms with Gasteiger partial charge in [-0.05, 0) is 67.8 Å². The number of hydrogen-bond donors (Lipinski definition) is 1. The summed E-state index contributed by atoms with van der Waals surface area (Å²) in [7, 11) is -2.00. The van der Waals surface area contributed by atoms with Crippen LogP contribution in [0.4, 0.5) is 11.4 Å². The average molecular weight is 486 g/mol. The first-order chi connectivity index (χ1) is 16.3. The first-order valence-electron chi connectivity index (χ1n) is 11.7. The molecule has 4 rings (SSSR count). The van der Waals surface area contributed by atoms with Crippen LogP contribution in [-0.4, -0.2) is 50.8 Å². The molecule has 2 fully saturated rings. The summed E-state index contributed by atoms with van der Waals surface area (Å²) in [6.07, 6.45) is 3.73. The van der Waals surface area contributed by atoms with Crippen molar-refractivity contribution < 1.29 is 22.7 Å². The standard InChI is InChI=1S/C25H31N3O5S/c1-3-20-6-4-5-15-28(20)34(31,32)23-13-7-19(8-14-23)26-25(30)18-16-24(29)27(17-18)21-9-11-22(33-2)12-10-21/h7-14,18,20H,3-6,15-17H2,1-2H3,(H,26,30)/t18-,20+/m1/s1. The van der Waals surface area contributed by atoms with Gasteiger partial charge in [0.25, 0.3) is 0 Å². The van der Waals surface area contributed by atoms with E-state index in [1.165, 1.54) is 12.1 Å². The number of carbonyl (C=O) groups is 2. The summed E-state index contributed by atoms with van der Waals surface area (Å²) >= 11 is 0. The first-order valence-corrected chi connectivity index (χ1v) is 13.1. The van der Waals surface area contributed by atoms with E-state index >= 15 is 0 Å². The van der Waals surface area contributed by atoms with E-state index in [1.807, 2.05) is 6.92 Å². The Morgan fingerprint density at radius 2 is 1.79 bits per heavy atom. The zero-order chi connectivity index (χ0) is 24.3. The molecule has 2 heterocycles. The Morgan fingerprint density at radius 1 is 1.09 bits per heavy atom. The lowest BCUT2D eigenvalue weighted by molar-refractivity contribution is -0.122. The number of benzene rings is 2. The van der Waals surface area contributed by atoms with Crippen molar-refractivity contribution in [1.82, 2.24) is 4.31 Å². The van der Waals surface area contributed by atoms with Crippen molar-refractivity contribution in [1.29, 1.82) is 0 Å². The van der Waals surface area contributed by atoms with Crippen molar-refractivity contribution in [2.24, 2.45) is 5.92 Å². The third kappa shape index (κ3) is 4.95. The van der Waals surface area contributed by atoms with Crippen LogP contribution >= 0.6 is 0 Å². The number of nitrogens with one attached hydrogen (secondary N) is 1. The van der Waals surface area contributed by atoms with Crippen LogP contribution in [0, 0.1) is 5.92 Å². The highest BCUT2D eigenvalue weighted by atomic mass is 32.2. The molecular formula is C25H31N3O5S. The number of ether oxygens (including phenoxy) is 1. The molecule has 2 atom stereocenters. The third-order valence-electron chi connectivity index (χ3n) is 6.65. The molecular weight excluding hydrogens is 454 g/mol. The Morgan fingerprint density at radius 3 is 2.44 bits per heavy atom. The number of carbonyl (C=O) groups excluding carboxylic acids is 2. The molecule has 8 nitrogen and oxygen atoms in total. The van der Waals surface area contributed by atoms with Gasteiger partial charge >= 0.3 is 0 Å². The Labute approximate surface area is 200 Å². The van der Waals surface area contributed by atoms with Gasteiger partial charge in [-0.25, -0.2) is 8.42 Å². The van der Waals surface area contributed by atoms with Gasteiger partial charge in [-0.2, -0.15) is 4.31 Å². The summed E-state index contributed by atoms with van der Waals surface area (Å²) in [5, 5.41) is 2.83. The van der Waals surface area contributed by atoms with E-state index < -0.39 is 15.9 Å². The van der Waals surface area contributed by atoms with Crippen molar-refractivity contribution in [2.75, 3.05) is 30.4 Å². The average Bonchev–Trinajstić information content (AvgIpc) is 3.26. The lowest BCUT2D eigenvalue weighted by Crippen LogP contribution is -2.43. The Hall–Kier alpha value is -2.91. The van der Waals surface area contributed by atoms with E-state index in [1.54, 1.807) is 52.7 Å². The van der Waals surface area contributed by atoms with E-state index in [0.717, 1.165) is 31.4 Å². The lowest BCUT2D eigenvalue weighted by atomic mass is 10.0. The molecule has 0 aliphatic carbocycles. The third-order valence-corrected chi connectivity index (χ3v) is 8.62. The number of methoxy groups -OCH3 is 1. The molecule has 2 saturated heterocycles. The second-order valence-corrected chi connectivity index (χ2v) is 10.7. The second kappa shape index (κ2) is 10.1. The Bertz CT molecular complexity index is 1130. The molecule has 2 aromatic carbocycles. The minimum Gasteiger partial charge on any atom is -0.497 e. The van der Waals surface area contributed by atoms with Crippen LogP contribution in [0.3, 0.4) is 0 Å². The van der Waals surface area contributed by atoms with Crippen LogP contribution in [0.15, 0.2) is 53.4 Å². The van der Waals surface area contributed by atoms with Gasteiger partial charge in [-0.15, -0.1) is 0 Å². The molecule has 0 unspecified atom stereocenters. The highest BCUT2D eigenvalue weighted by Gasteiger charge is 2.35. The van der Waals surface area contributed by atoms with Crippen molar-refractivity contribution in [3.05, 3.63) is 48.5 Å². The molecule has 1 N–H and O–H groups in total. The highest BCUT2D eigenvalue weighted by molar-refractivity contribution is 7.89. The van der Waals surface area contributed by atoms with Gasteiger partial charge in [0.1, 0.15) is 5.75 Å². The minimum absolute atomic E-state index is 0.0340. The molecule has 34 heavy (non-hydrogen) atoms. The minimum atomic E-state index is -3.57. The van der Waals surface area contributed by atoms with Gasteiger partial charge in [0.15, 0.2) is 0 Å². The van der Waals surface area contributed by atoms with Crippen LogP contribution < -0.4 is 15.0 Å². The van der Waals surface area contributed by atoms with Gasteiger partial charge in [0, 0.05) is 36.9 Å². The normalized spacial score (nSPS) is 21.5. The number of anilines is 2. The first kappa shape index (κ1) is 24.2. The van der Waals surface area contributed by atoms with Gasteiger partial charge < -0.3 is 15.0 Å². The number of hydrogen-bond acceptors (Lipinski definition) is 5. The van der Waals surface area contributed by atoms with Crippen molar-refractivity contribution in [2.45, 2.75) is 50.0 Å². The molecule has 0 spiro atoms. The monoisotopic (exact) mass is 485 g/mol. The predicted molar refractivity (Wildman–Crippen MR) is 130 cm³/mol. The molecule has 2 aliphatic rings. The molecule has 182 valence electrons. The predicted octanol–water partition coefficient (Wildman–Crippen LogP) is 3.64. The molecule has 0 aromatic heterocycles. The largest absolute Gasteiger partial charge is 0.497 e. The number of sulfonamides is 1. The SMILES string of the molecule is CC[C@H]1CCCCN1S(=O)(=O)c1ccc(NC(=O)[C@@H]2CC(=O)N(c3ccc(OC)cc3)C2)cc1. The van der Waals surface area contributed by atoms with Gasteiger partial charge in [-0.3, -0.25) is 9.59 Å². The molecule has 2 aromatic rings. The fourth-order valence-corrected chi connectivity index (χ4v) is 6.45. The van der Waals surface area contributed by atoms with E-state index in [0.29, 0.717) is 18.0 Å². The summed E-state index contributed by atoms with van der Waals surface area (Å²) in [4.78, 5) is 27.1. The quantitative estimate of drug-likeness (QED) is 0.646. The zero-order valence-electron chi connectivity index (χ0n) is 19.6. The molecule has 0 radical (unpaired) electrons. The van der Waals surface area contributed by atoms with E-state index in [4.69, 9.17) is 4.74 Å². The topological polar surface area (TPSA) is 96.0 Å². The second-order valence-electron chi connectivity index (χ2n) is 8.79. The molecule has 9 heteroatoms. The maximum Gasteiger partial charge on any atom is 0.243 e.